The third kappa shape index (κ3) is 2.41. The van der Waals surface area contributed by atoms with Crippen LogP contribution in [0.25, 0.3) is 10.9 Å². The molecular formula is C11H12FN3S. The molecule has 5 heteroatoms. The molecule has 0 atom stereocenters. The highest BCUT2D eigenvalue weighted by Crippen LogP contribution is 2.19. The molecule has 84 valence electrons. The van der Waals surface area contributed by atoms with Crippen LogP contribution >= 0.6 is 11.8 Å². The van der Waals surface area contributed by atoms with Gasteiger partial charge >= 0.3 is 0 Å². The van der Waals surface area contributed by atoms with Gasteiger partial charge in [-0.05, 0) is 24.5 Å². The second-order valence-corrected chi connectivity index (χ2v) is 4.29. The molecule has 0 aliphatic heterocycles. The SMILES string of the molecule is CSCCNc1ncnc2ccc(F)cc12. The summed E-state index contributed by atoms with van der Waals surface area (Å²) in [5.41, 5.74) is 0.753. The Bertz CT molecular complexity index is 490. The molecule has 0 aliphatic carbocycles. The second kappa shape index (κ2) is 5.12. The number of halogens is 1. The number of anilines is 1. The molecule has 2 rings (SSSR count). The van der Waals surface area contributed by atoms with Gasteiger partial charge in [0.15, 0.2) is 0 Å². The molecule has 2 aromatic rings. The number of aromatic nitrogens is 2. The van der Waals surface area contributed by atoms with Crippen molar-refractivity contribution in [1.29, 1.82) is 0 Å². The number of nitrogens with zero attached hydrogens (tertiary/aromatic N) is 2. The lowest BCUT2D eigenvalue weighted by molar-refractivity contribution is 0.629. The normalized spacial score (nSPS) is 10.6. The van der Waals surface area contributed by atoms with Crippen LogP contribution in [-0.2, 0) is 0 Å². The molecular weight excluding hydrogens is 225 g/mol. The van der Waals surface area contributed by atoms with Crippen molar-refractivity contribution in [3.8, 4) is 0 Å². The van der Waals surface area contributed by atoms with Crippen molar-refractivity contribution in [2.24, 2.45) is 0 Å². The highest BCUT2D eigenvalue weighted by Gasteiger charge is 2.03. The van der Waals surface area contributed by atoms with E-state index in [2.05, 4.69) is 15.3 Å². The van der Waals surface area contributed by atoms with Crippen LogP contribution in [0.15, 0.2) is 24.5 Å². The monoisotopic (exact) mass is 237 g/mol. The van der Waals surface area contributed by atoms with E-state index in [1.807, 2.05) is 6.26 Å². The van der Waals surface area contributed by atoms with Crippen molar-refractivity contribution in [2.75, 3.05) is 23.9 Å². The largest absolute Gasteiger partial charge is 0.369 e. The van der Waals surface area contributed by atoms with Crippen molar-refractivity contribution < 1.29 is 4.39 Å². The Labute approximate surface area is 97.5 Å². The minimum absolute atomic E-state index is 0.268. The van der Waals surface area contributed by atoms with Gasteiger partial charge in [0.25, 0.3) is 0 Å². The molecule has 0 saturated heterocycles. The number of hydrogen-bond donors (Lipinski definition) is 1. The smallest absolute Gasteiger partial charge is 0.137 e. The second-order valence-electron chi connectivity index (χ2n) is 3.30. The summed E-state index contributed by atoms with van der Waals surface area (Å²) in [6, 6.07) is 4.52. The fraction of sp³-hybridized carbons (Fsp3) is 0.273. The van der Waals surface area contributed by atoms with Crippen LogP contribution < -0.4 is 5.32 Å². The molecule has 0 saturated carbocycles. The van der Waals surface area contributed by atoms with Crippen LogP contribution in [0.2, 0.25) is 0 Å². The standard InChI is InChI=1S/C11H12FN3S/c1-16-5-4-13-11-9-6-8(12)2-3-10(9)14-7-15-11/h2-3,6-7H,4-5H2,1H3,(H,13,14,15). The zero-order valence-electron chi connectivity index (χ0n) is 8.90. The van der Waals surface area contributed by atoms with E-state index in [-0.39, 0.29) is 5.82 Å². The van der Waals surface area contributed by atoms with Gasteiger partial charge in [0.1, 0.15) is 18.0 Å². The van der Waals surface area contributed by atoms with E-state index >= 15 is 0 Å². The summed E-state index contributed by atoms with van der Waals surface area (Å²) < 4.78 is 13.1. The first-order valence-electron chi connectivity index (χ1n) is 4.94. The van der Waals surface area contributed by atoms with Gasteiger partial charge in [-0.25, -0.2) is 14.4 Å². The maximum atomic E-state index is 13.1. The predicted molar refractivity (Wildman–Crippen MR) is 66.4 cm³/mol. The Balaban J connectivity index is 2.32. The van der Waals surface area contributed by atoms with Crippen LogP contribution in [0.4, 0.5) is 10.2 Å². The topological polar surface area (TPSA) is 37.8 Å². The third-order valence-electron chi connectivity index (χ3n) is 2.20. The molecule has 1 aromatic heterocycles. The van der Waals surface area contributed by atoms with Crippen LogP contribution in [0, 0.1) is 5.82 Å². The number of rotatable bonds is 4. The fourth-order valence-electron chi connectivity index (χ4n) is 1.44. The average Bonchev–Trinajstić information content (AvgIpc) is 2.30. The minimum atomic E-state index is -0.268. The van der Waals surface area contributed by atoms with E-state index in [0.717, 1.165) is 23.2 Å². The fourth-order valence-corrected chi connectivity index (χ4v) is 1.75. The number of thioether (sulfide) groups is 1. The Kier molecular flexibility index (Phi) is 3.56. The lowest BCUT2D eigenvalue weighted by Crippen LogP contribution is -2.06. The first-order valence-corrected chi connectivity index (χ1v) is 6.33. The minimum Gasteiger partial charge on any atom is -0.369 e. The maximum absolute atomic E-state index is 13.1. The molecule has 0 amide bonds. The molecule has 0 radical (unpaired) electrons. The molecule has 1 aromatic carbocycles. The van der Waals surface area contributed by atoms with Gasteiger partial charge in [0, 0.05) is 17.7 Å². The van der Waals surface area contributed by atoms with Crippen molar-refractivity contribution >= 4 is 28.5 Å². The first kappa shape index (κ1) is 11.1. The van der Waals surface area contributed by atoms with E-state index in [4.69, 9.17) is 0 Å². The van der Waals surface area contributed by atoms with E-state index in [1.165, 1.54) is 18.5 Å². The predicted octanol–water partition coefficient (Wildman–Crippen LogP) is 2.54. The summed E-state index contributed by atoms with van der Waals surface area (Å²) in [6.07, 6.45) is 3.53. The summed E-state index contributed by atoms with van der Waals surface area (Å²) in [7, 11) is 0. The van der Waals surface area contributed by atoms with Gasteiger partial charge in [0.05, 0.1) is 5.52 Å². The van der Waals surface area contributed by atoms with Crippen molar-refractivity contribution in [2.45, 2.75) is 0 Å². The molecule has 3 nitrogen and oxygen atoms in total. The van der Waals surface area contributed by atoms with Crippen molar-refractivity contribution in [3.05, 3.63) is 30.3 Å². The highest BCUT2D eigenvalue weighted by atomic mass is 32.2. The lowest BCUT2D eigenvalue weighted by atomic mass is 10.2. The van der Waals surface area contributed by atoms with Gasteiger partial charge in [-0.1, -0.05) is 0 Å². The van der Waals surface area contributed by atoms with E-state index in [1.54, 1.807) is 17.8 Å². The molecule has 16 heavy (non-hydrogen) atoms. The van der Waals surface area contributed by atoms with Crippen molar-refractivity contribution in [1.82, 2.24) is 9.97 Å². The first-order chi connectivity index (χ1) is 7.81. The van der Waals surface area contributed by atoms with Crippen LogP contribution in [0.1, 0.15) is 0 Å². The average molecular weight is 237 g/mol. The summed E-state index contributed by atoms with van der Waals surface area (Å²) in [4.78, 5) is 8.21. The maximum Gasteiger partial charge on any atom is 0.137 e. The highest BCUT2D eigenvalue weighted by molar-refractivity contribution is 7.98. The lowest BCUT2D eigenvalue weighted by Gasteiger charge is -2.07. The number of fused-ring (bicyclic) bond motifs is 1. The van der Waals surface area contributed by atoms with Crippen LogP contribution in [0.3, 0.4) is 0 Å². The Morgan fingerprint density at radius 1 is 1.38 bits per heavy atom. The molecule has 0 spiro atoms. The molecule has 0 aliphatic rings. The zero-order valence-corrected chi connectivity index (χ0v) is 9.72. The molecule has 0 unspecified atom stereocenters. The Hall–Kier alpha value is -1.36. The van der Waals surface area contributed by atoms with Gasteiger partial charge in [0.2, 0.25) is 0 Å². The zero-order chi connectivity index (χ0) is 11.4. The van der Waals surface area contributed by atoms with Crippen LogP contribution in [0.5, 0.6) is 0 Å². The molecule has 1 N–H and O–H groups in total. The quantitative estimate of drug-likeness (QED) is 0.829. The van der Waals surface area contributed by atoms with Gasteiger partial charge in [-0.2, -0.15) is 11.8 Å². The van der Waals surface area contributed by atoms with Gasteiger partial charge in [-0.15, -0.1) is 0 Å². The van der Waals surface area contributed by atoms with E-state index in [9.17, 15) is 4.39 Å². The Morgan fingerprint density at radius 3 is 3.06 bits per heavy atom. The third-order valence-corrected chi connectivity index (χ3v) is 2.81. The number of nitrogens with one attached hydrogen (secondary N) is 1. The number of benzene rings is 1. The summed E-state index contributed by atoms with van der Waals surface area (Å²) in [6.45, 7) is 0.809. The van der Waals surface area contributed by atoms with E-state index in [0.29, 0.717) is 5.82 Å². The van der Waals surface area contributed by atoms with Crippen molar-refractivity contribution in [3.63, 3.8) is 0 Å². The Morgan fingerprint density at radius 2 is 2.25 bits per heavy atom. The number of hydrogen-bond acceptors (Lipinski definition) is 4. The summed E-state index contributed by atoms with van der Waals surface area (Å²) in [5, 5.41) is 3.90. The summed E-state index contributed by atoms with van der Waals surface area (Å²) in [5.74, 6) is 1.41. The van der Waals surface area contributed by atoms with Crippen LogP contribution in [-0.4, -0.2) is 28.5 Å². The van der Waals surface area contributed by atoms with E-state index < -0.39 is 0 Å². The molecule has 1 heterocycles. The molecule has 0 bridgehead atoms. The summed E-state index contributed by atoms with van der Waals surface area (Å²) >= 11 is 1.75. The van der Waals surface area contributed by atoms with Gasteiger partial charge in [-0.3, -0.25) is 0 Å². The molecule has 0 fully saturated rings. The van der Waals surface area contributed by atoms with Gasteiger partial charge < -0.3 is 5.32 Å².